The molecule has 2 rings (SSSR count). The van der Waals surface area contributed by atoms with Crippen LogP contribution >= 0.6 is 0 Å². The van der Waals surface area contributed by atoms with E-state index in [2.05, 4.69) is 0 Å². The van der Waals surface area contributed by atoms with Gasteiger partial charge in [0.15, 0.2) is 5.78 Å². The van der Waals surface area contributed by atoms with E-state index in [0.717, 1.165) is 0 Å². The number of benzene rings is 2. The molecule has 1 N–H and O–H groups in total. The molecule has 0 aliphatic carbocycles. The predicted octanol–water partition coefficient (Wildman–Crippen LogP) is 3.06. The van der Waals surface area contributed by atoms with E-state index in [-0.39, 0.29) is 16.7 Å². The summed E-state index contributed by atoms with van der Waals surface area (Å²) < 4.78 is 13.8. The number of aryl methyl sites for hydroxylation is 1. The number of halogens is 1. The molecule has 0 unspecified atom stereocenters. The second-order valence-electron chi connectivity index (χ2n) is 4.16. The maximum atomic E-state index is 13.8. The number of carbonyl (C=O) groups excluding carboxylic acids is 1. The van der Waals surface area contributed by atoms with Crippen LogP contribution in [0.5, 0.6) is 0 Å². The van der Waals surface area contributed by atoms with Crippen molar-refractivity contribution < 1.29 is 19.1 Å². The van der Waals surface area contributed by atoms with Crippen molar-refractivity contribution in [2.24, 2.45) is 0 Å². The van der Waals surface area contributed by atoms with Crippen molar-refractivity contribution in [2.45, 2.75) is 6.92 Å². The fourth-order valence-corrected chi connectivity index (χ4v) is 1.82. The van der Waals surface area contributed by atoms with Gasteiger partial charge in [0, 0.05) is 5.56 Å². The minimum atomic E-state index is -1.21. The third kappa shape index (κ3) is 2.52. The van der Waals surface area contributed by atoms with Gasteiger partial charge in [-0.3, -0.25) is 4.79 Å². The molecule has 0 atom stereocenters. The van der Waals surface area contributed by atoms with E-state index in [1.165, 1.54) is 30.3 Å². The Bertz CT molecular complexity index is 662. The minimum absolute atomic E-state index is 0.0160. The molecule has 0 saturated carbocycles. The zero-order valence-electron chi connectivity index (χ0n) is 10.2. The summed E-state index contributed by atoms with van der Waals surface area (Å²) in [7, 11) is 0. The number of hydrogen-bond donors (Lipinski definition) is 1. The van der Waals surface area contributed by atoms with Gasteiger partial charge in [-0.2, -0.15) is 0 Å². The normalized spacial score (nSPS) is 10.2. The first-order valence-electron chi connectivity index (χ1n) is 5.64. The molecule has 0 fully saturated rings. The molecule has 0 bridgehead atoms. The Morgan fingerprint density at radius 1 is 1.00 bits per heavy atom. The molecule has 0 amide bonds. The first kappa shape index (κ1) is 13.0. The Hall–Kier alpha value is -2.49. The second-order valence-corrected chi connectivity index (χ2v) is 4.16. The standard InChI is InChI=1S/C15H11FO3/c1-9-6-7-12(13(16)8-9)14(17)10-4-2-3-5-11(10)15(18)19/h2-8H,1H3,(H,18,19). The number of rotatable bonds is 3. The van der Waals surface area contributed by atoms with Gasteiger partial charge in [0.05, 0.1) is 11.1 Å². The van der Waals surface area contributed by atoms with Crippen molar-refractivity contribution in [3.63, 3.8) is 0 Å². The quantitative estimate of drug-likeness (QED) is 0.861. The van der Waals surface area contributed by atoms with Crippen LogP contribution in [0, 0.1) is 12.7 Å². The van der Waals surface area contributed by atoms with E-state index >= 15 is 0 Å². The molecule has 2 aromatic rings. The van der Waals surface area contributed by atoms with Gasteiger partial charge >= 0.3 is 5.97 Å². The Morgan fingerprint density at radius 3 is 2.21 bits per heavy atom. The lowest BCUT2D eigenvalue weighted by atomic mass is 9.97. The molecule has 3 nitrogen and oxygen atoms in total. The van der Waals surface area contributed by atoms with Crippen molar-refractivity contribution in [2.75, 3.05) is 0 Å². The molecule has 0 aliphatic rings. The molecule has 0 aromatic heterocycles. The highest BCUT2D eigenvalue weighted by molar-refractivity contribution is 6.14. The first-order valence-corrected chi connectivity index (χ1v) is 5.64. The van der Waals surface area contributed by atoms with Gasteiger partial charge in [-0.15, -0.1) is 0 Å². The number of carboxylic acids is 1. The summed E-state index contributed by atoms with van der Waals surface area (Å²) in [6.07, 6.45) is 0. The molecule has 2 aromatic carbocycles. The zero-order valence-corrected chi connectivity index (χ0v) is 10.2. The van der Waals surface area contributed by atoms with Crippen LogP contribution in [-0.4, -0.2) is 16.9 Å². The Morgan fingerprint density at radius 2 is 1.63 bits per heavy atom. The monoisotopic (exact) mass is 258 g/mol. The lowest BCUT2D eigenvalue weighted by Crippen LogP contribution is -2.11. The summed E-state index contributed by atoms with van der Waals surface area (Å²) in [6, 6.07) is 9.99. The molecule has 4 heteroatoms. The fraction of sp³-hybridized carbons (Fsp3) is 0.0667. The number of carbonyl (C=O) groups is 2. The molecule has 0 saturated heterocycles. The Balaban J connectivity index is 2.53. The van der Waals surface area contributed by atoms with E-state index in [1.807, 2.05) is 0 Å². The highest BCUT2D eigenvalue weighted by Gasteiger charge is 2.19. The van der Waals surface area contributed by atoms with Crippen molar-refractivity contribution >= 4 is 11.8 Å². The third-order valence-corrected chi connectivity index (χ3v) is 2.77. The van der Waals surface area contributed by atoms with E-state index in [9.17, 15) is 14.0 Å². The topological polar surface area (TPSA) is 54.4 Å². The zero-order chi connectivity index (χ0) is 14.0. The number of ketones is 1. The summed E-state index contributed by atoms with van der Waals surface area (Å²) in [6.45, 7) is 1.71. The lowest BCUT2D eigenvalue weighted by molar-refractivity contribution is 0.0692. The molecule has 0 heterocycles. The number of carboxylic acid groups (broad SMARTS) is 1. The molecule has 96 valence electrons. The van der Waals surface area contributed by atoms with Gasteiger partial charge in [-0.1, -0.05) is 24.3 Å². The van der Waals surface area contributed by atoms with Crippen molar-refractivity contribution in [1.29, 1.82) is 0 Å². The summed E-state index contributed by atoms with van der Waals surface area (Å²) >= 11 is 0. The molecular weight excluding hydrogens is 247 g/mol. The van der Waals surface area contributed by atoms with Crippen LogP contribution < -0.4 is 0 Å². The van der Waals surface area contributed by atoms with Crippen LogP contribution in [0.1, 0.15) is 31.8 Å². The van der Waals surface area contributed by atoms with Gasteiger partial charge in [0.25, 0.3) is 0 Å². The van der Waals surface area contributed by atoms with E-state index in [1.54, 1.807) is 19.1 Å². The van der Waals surface area contributed by atoms with Gasteiger partial charge in [0.1, 0.15) is 5.82 Å². The van der Waals surface area contributed by atoms with Crippen LogP contribution in [0.25, 0.3) is 0 Å². The van der Waals surface area contributed by atoms with E-state index in [4.69, 9.17) is 5.11 Å². The Kier molecular flexibility index (Phi) is 3.42. The first-order chi connectivity index (χ1) is 9.00. The van der Waals surface area contributed by atoms with Gasteiger partial charge in [-0.25, -0.2) is 9.18 Å². The van der Waals surface area contributed by atoms with Crippen molar-refractivity contribution in [3.05, 3.63) is 70.5 Å². The molecule has 19 heavy (non-hydrogen) atoms. The highest BCUT2D eigenvalue weighted by atomic mass is 19.1. The van der Waals surface area contributed by atoms with Crippen molar-refractivity contribution in [1.82, 2.24) is 0 Å². The highest BCUT2D eigenvalue weighted by Crippen LogP contribution is 2.18. The van der Waals surface area contributed by atoms with Crippen LogP contribution in [0.2, 0.25) is 0 Å². The molecule has 0 radical (unpaired) electrons. The largest absolute Gasteiger partial charge is 0.478 e. The summed E-state index contributed by atoms with van der Waals surface area (Å²) in [4.78, 5) is 23.3. The van der Waals surface area contributed by atoms with Crippen LogP contribution in [0.4, 0.5) is 4.39 Å². The van der Waals surface area contributed by atoms with Crippen LogP contribution in [-0.2, 0) is 0 Å². The number of aromatic carboxylic acids is 1. The van der Waals surface area contributed by atoms with E-state index < -0.39 is 17.6 Å². The molecular formula is C15H11FO3. The Labute approximate surface area is 109 Å². The average molecular weight is 258 g/mol. The SMILES string of the molecule is Cc1ccc(C(=O)c2ccccc2C(=O)O)c(F)c1. The lowest BCUT2D eigenvalue weighted by Gasteiger charge is -2.06. The summed E-state index contributed by atoms with van der Waals surface area (Å²) in [5.41, 5.74) is 0.421. The maximum absolute atomic E-state index is 13.8. The average Bonchev–Trinajstić information content (AvgIpc) is 2.38. The smallest absolute Gasteiger partial charge is 0.336 e. The van der Waals surface area contributed by atoms with Crippen LogP contribution in [0.15, 0.2) is 42.5 Å². The fourth-order valence-electron chi connectivity index (χ4n) is 1.82. The summed E-state index contributed by atoms with van der Waals surface area (Å²) in [5.74, 6) is -2.49. The summed E-state index contributed by atoms with van der Waals surface area (Å²) in [5, 5.41) is 9.03. The third-order valence-electron chi connectivity index (χ3n) is 2.77. The predicted molar refractivity (Wildman–Crippen MR) is 68.0 cm³/mol. The van der Waals surface area contributed by atoms with Gasteiger partial charge < -0.3 is 5.11 Å². The van der Waals surface area contributed by atoms with Crippen LogP contribution in [0.3, 0.4) is 0 Å². The van der Waals surface area contributed by atoms with E-state index in [0.29, 0.717) is 5.56 Å². The number of hydrogen-bond acceptors (Lipinski definition) is 2. The minimum Gasteiger partial charge on any atom is -0.478 e. The maximum Gasteiger partial charge on any atom is 0.336 e. The molecule has 0 aliphatic heterocycles. The second kappa shape index (κ2) is 5.02. The molecule has 0 spiro atoms. The van der Waals surface area contributed by atoms with Gasteiger partial charge in [0.2, 0.25) is 0 Å². The van der Waals surface area contributed by atoms with Crippen molar-refractivity contribution in [3.8, 4) is 0 Å². The van der Waals surface area contributed by atoms with Gasteiger partial charge in [-0.05, 0) is 30.7 Å².